The van der Waals surface area contributed by atoms with Crippen molar-refractivity contribution >= 4 is 28.8 Å². The molecule has 1 aliphatic heterocycles. The van der Waals surface area contributed by atoms with E-state index in [1.54, 1.807) is 30.3 Å². The number of rotatable bonds is 4. The average molecular weight is 432 g/mol. The van der Waals surface area contributed by atoms with E-state index in [0.29, 0.717) is 34.5 Å². The zero-order valence-corrected chi connectivity index (χ0v) is 17.1. The molecule has 4 rings (SSSR count). The predicted molar refractivity (Wildman–Crippen MR) is 112 cm³/mol. The molecule has 1 saturated heterocycles. The standard InChI is InChI=1S/C21H19ClFN3O2S/c22-19-7-6-18(29-19)21(28)25-11-9-14(10-12-25)13-26-20(27)8-5-17(24-26)15-1-3-16(23)4-2-15/h1-8,14H,9-13H2. The molecule has 150 valence electrons. The van der Waals surface area contributed by atoms with E-state index in [4.69, 9.17) is 11.6 Å². The maximum absolute atomic E-state index is 13.1. The highest BCUT2D eigenvalue weighted by Gasteiger charge is 2.25. The van der Waals surface area contributed by atoms with Crippen molar-refractivity contribution in [2.24, 2.45) is 5.92 Å². The molecule has 3 heterocycles. The number of halogens is 2. The normalized spacial score (nSPS) is 14.9. The van der Waals surface area contributed by atoms with Crippen LogP contribution in [0.3, 0.4) is 0 Å². The molecule has 0 unspecified atom stereocenters. The highest BCUT2D eigenvalue weighted by molar-refractivity contribution is 7.17. The Morgan fingerprint density at radius 2 is 1.83 bits per heavy atom. The van der Waals surface area contributed by atoms with Gasteiger partial charge in [-0.3, -0.25) is 9.59 Å². The number of benzene rings is 1. The molecule has 3 aromatic rings. The molecule has 1 fully saturated rings. The number of hydrogen-bond acceptors (Lipinski definition) is 4. The van der Waals surface area contributed by atoms with E-state index >= 15 is 0 Å². The number of carbonyl (C=O) groups is 1. The molecule has 8 heteroatoms. The summed E-state index contributed by atoms with van der Waals surface area (Å²) in [5.41, 5.74) is 1.23. The van der Waals surface area contributed by atoms with Gasteiger partial charge in [0.05, 0.1) is 14.9 Å². The maximum atomic E-state index is 13.1. The van der Waals surface area contributed by atoms with Crippen LogP contribution in [0.4, 0.5) is 4.39 Å². The first-order chi connectivity index (χ1) is 14.0. The van der Waals surface area contributed by atoms with Gasteiger partial charge in [-0.1, -0.05) is 11.6 Å². The zero-order chi connectivity index (χ0) is 20.4. The summed E-state index contributed by atoms with van der Waals surface area (Å²) in [4.78, 5) is 27.3. The third kappa shape index (κ3) is 4.57. The smallest absolute Gasteiger partial charge is 0.266 e. The Morgan fingerprint density at radius 3 is 2.48 bits per heavy atom. The average Bonchev–Trinajstić information content (AvgIpc) is 3.17. The van der Waals surface area contributed by atoms with Crippen molar-refractivity contribution in [3.8, 4) is 11.3 Å². The number of aromatic nitrogens is 2. The van der Waals surface area contributed by atoms with Crippen LogP contribution >= 0.6 is 22.9 Å². The molecule has 0 atom stereocenters. The molecular formula is C21H19ClFN3O2S. The first kappa shape index (κ1) is 19.8. The van der Waals surface area contributed by atoms with E-state index in [9.17, 15) is 14.0 Å². The number of thiophene rings is 1. The molecular weight excluding hydrogens is 413 g/mol. The quantitative estimate of drug-likeness (QED) is 0.618. The molecule has 0 aliphatic carbocycles. The number of hydrogen-bond donors (Lipinski definition) is 0. The Hall–Kier alpha value is -2.51. The Kier molecular flexibility index (Phi) is 5.78. The Labute approximate surface area is 176 Å². The van der Waals surface area contributed by atoms with Gasteiger partial charge in [0.1, 0.15) is 5.82 Å². The minimum Gasteiger partial charge on any atom is -0.338 e. The van der Waals surface area contributed by atoms with E-state index in [1.807, 2.05) is 4.90 Å². The van der Waals surface area contributed by atoms with Crippen molar-refractivity contribution < 1.29 is 9.18 Å². The van der Waals surface area contributed by atoms with Crippen molar-refractivity contribution in [2.75, 3.05) is 13.1 Å². The van der Waals surface area contributed by atoms with Crippen LogP contribution in [0.25, 0.3) is 11.3 Å². The second kappa shape index (κ2) is 8.47. The molecule has 0 bridgehead atoms. The summed E-state index contributed by atoms with van der Waals surface area (Å²) < 4.78 is 15.2. The fourth-order valence-corrected chi connectivity index (χ4v) is 4.51. The van der Waals surface area contributed by atoms with Crippen LogP contribution < -0.4 is 5.56 Å². The van der Waals surface area contributed by atoms with Gasteiger partial charge >= 0.3 is 0 Å². The van der Waals surface area contributed by atoms with Gasteiger partial charge in [-0.25, -0.2) is 9.07 Å². The SMILES string of the molecule is O=C(c1ccc(Cl)s1)N1CCC(Cn2nc(-c3ccc(F)cc3)ccc2=O)CC1. The molecule has 0 spiro atoms. The predicted octanol–water partition coefficient (Wildman–Crippen LogP) is 4.32. The molecule has 5 nitrogen and oxygen atoms in total. The van der Waals surface area contributed by atoms with Crippen LogP contribution in [0, 0.1) is 11.7 Å². The fourth-order valence-electron chi connectivity index (χ4n) is 3.50. The van der Waals surface area contributed by atoms with Gasteiger partial charge < -0.3 is 4.90 Å². The van der Waals surface area contributed by atoms with Crippen LogP contribution in [-0.4, -0.2) is 33.7 Å². The summed E-state index contributed by atoms with van der Waals surface area (Å²) in [6.07, 6.45) is 1.61. The first-order valence-corrected chi connectivity index (χ1v) is 10.6. The Balaban J connectivity index is 1.41. The highest BCUT2D eigenvalue weighted by Crippen LogP contribution is 2.26. The second-order valence-corrected chi connectivity index (χ2v) is 8.80. The van der Waals surface area contributed by atoms with E-state index < -0.39 is 0 Å². The molecule has 1 aliphatic rings. The monoisotopic (exact) mass is 431 g/mol. The molecule has 0 N–H and O–H groups in total. The third-order valence-electron chi connectivity index (χ3n) is 5.12. The largest absolute Gasteiger partial charge is 0.338 e. The van der Waals surface area contributed by atoms with Crippen LogP contribution in [0.2, 0.25) is 4.34 Å². The number of piperidine rings is 1. The minimum absolute atomic E-state index is 0.00829. The first-order valence-electron chi connectivity index (χ1n) is 9.38. The van der Waals surface area contributed by atoms with Crippen LogP contribution in [0.15, 0.2) is 53.3 Å². The summed E-state index contributed by atoms with van der Waals surface area (Å²) in [5, 5.41) is 4.46. The lowest BCUT2D eigenvalue weighted by Gasteiger charge is -2.31. The van der Waals surface area contributed by atoms with Gasteiger partial charge in [-0.15, -0.1) is 11.3 Å². The summed E-state index contributed by atoms with van der Waals surface area (Å²) in [7, 11) is 0. The summed E-state index contributed by atoms with van der Waals surface area (Å²) in [5.74, 6) is -0.0400. The van der Waals surface area contributed by atoms with E-state index in [1.165, 1.54) is 34.2 Å². The van der Waals surface area contributed by atoms with Crippen molar-refractivity contribution in [1.29, 1.82) is 0 Å². The molecule has 1 amide bonds. The van der Waals surface area contributed by atoms with Crippen molar-refractivity contribution in [1.82, 2.24) is 14.7 Å². The van der Waals surface area contributed by atoms with Crippen molar-refractivity contribution in [3.05, 3.63) is 73.9 Å². The van der Waals surface area contributed by atoms with E-state index in [0.717, 1.165) is 18.4 Å². The van der Waals surface area contributed by atoms with Crippen molar-refractivity contribution in [3.63, 3.8) is 0 Å². The van der Waals surface area contributed by atoms with Gasteiger partial charge in [0.25, 0.3) is 11.5 Å². The van der Waals surface area contributed by atoms with Gasteiger partial charge in [-0.2, -0.15) is 5.10 Å². The number of amides is 1. The molecule has 29 heavy (non-hydrogen) atoms. The number of nitrogens with zero attached hydrogens (tertiary/aromatic N) is 3. The topological polar surface area (TPSA) is 55.2 Å². The molecule has 0 radical (unpaired) electrons. The molecule has 0 saturated carbocycles. The lowest BCUT2D eigenvalue weighted by atomic mass is 9.96. The Morgan fingerprint density at radius 1 is 1.10 bits per heavy atom. The van der Waals surface area contributed by atoms with Gasteiger partial charge in [0.15, 0.2) is 0 Å². The van der Waals surface area contributed by atoms with E-state index in [-0.39, 0.29) is 23.2 Å². The van der Waals surface area contributed by atoms with Crippen LogP contribution in [-0.2, 0) is 6.54 Å². The highest BCUT2D eigenvalue weighted by atomic mass is 35.5. The summed E-state index contributed by atoms with van der Waals surface area (Å²) in [6.45, 7) is 1.79. The van der Waals surface area contributed by atoms with Crippen LogP contribution in [0.5, 0.6) is 0 Å². The van der Waals surface area contributed by atoms with Crippen LogP contribution in [0.1, 0.15) is 22.5 Å². The number of likely N-dealkylation sites (tertiary alicyclic amines) is 1. The fraction of sp³-hybridized carbons (Fsp3) is 0.286. The van der Waals surface area contributed by atoms with Crippen molar-refractivity contribution in [2.45, 2.75) is 19.4 Å². The lowest BCUT2D eigenvalue weighted by Crippen LogP contribution is -2.40. The third-order valence-corrected chi connectivity index (χ3v) is 6.34. The Bertz CT molecular complexity index is 1070. The maximum Gasteiger partial charge on any atom is 0.266 e. The number of carbonyl (C=O) groups excluding carboxylic acids is 1. The van der Waals surface area contributed by atoms with Gasteiger partial charge in [0, 0.05) is 31.3 Å². The summed E-state index contributed by atoms with van der Waals surface area (Å²) in [6, 6.07) is 12.7. The zero-order valence-electron chi connectivity index (χ0n) is 15.6. The minimum atomic E-state index is -0.312. The lowest BCUT2D eigenvalue weighted by molar-refractivity contribution is 0.0685. The second-order valence-electron chi connectivity index (χ2n) is 7.09. The molecule has 1 aromatic carbocycles. The van der Waals surface area contributed by atoms with Gasteiger partial charge in [0.2, 0.25) is 0 Å². The van der Waals surface area contributed by atoms with Gasteiger partial charge in [-0.05, 0) is 61.2 Å². The molecule has 2 aromatic heterocycles. The summed E-state index contributed by atoms with van der Waals surface area (Å²) >= 11 is 7.22. The van der Waals surface area contributed by atoms with E-state index in [2.05, 4.69) is 5.10 Å².